The van der Waals surface area contributed by atoms with Crippen LogP contribution in [0.2, 0.25) is 0 Å². The van der Waals surface area contributed by atoms with Gasteiger partial charge in [-0.3, -0.25) is 19.9 Å². The lowest BCUT2D eigenvalue weighted by molar-refractivity contribution is 0.313. The molecule has 4 aromatic rings. The van der Waals surface area contributed by atoms with Gasteiger partial charge in [0.25, 0.3) is 5.56 Å². The predicted octanol–water partition coefficient (Wildman–Crippen LogP) is 2.83. The summed E-state index contributed by atoms with van der Waals surface area (Å²) in [7, 11) is 0. The van der Waals surface area contributed by atoms with E-state index < -0.39 is 0 Å². The summed E-state index contributed by atoms with van der Waals surface area (Å²) in [4.78, 5) is 21.0. The van der Waals surface area contributed by atoms with Gasteiger partial charge in [-0.05, 0) is 36.2 Å². The van der Waals surface area contributed by atoms with Crippen molar-refractivity contribution in [1.82, 2.24) is 24.7 Å². The molecule has 0 aliphatic rings. The number of rotatable bonds is 5. The Labute approximate surface area is 162 Å². The van der Waals surface area contributed by atoms with Crippen LogP contribution in [0, 0.1) is 5.41 Å². The second-order valence-electron chi connectivity index (χ2n) is 7.68. The van der Waals surface area contributed by atoms with Crippen molar-refractivity contribution >= 4 is 10.9 Å². The number of nitrogens with two attached hydrogens (primary N) is 1. The zero-order valence-electron chi connectivity index (χ0n) is 15.9. The molecule has 0 spiro atoms. The number of nitrogens with zero attached hydrogens (tertiary/aromatic N) is 4. The Balaban J connectivity index is 1.80. The second-order valence-corrected chi connectivity index (χ2v) is 7.68. The van der Waals surface area contributed by atoms with Crippen molar-refractivity contribution in [2.75, 3.05) is 6.54 Å². The smallest absolute Gasteiger partial charge is 0.250 e. The Kier molecular flexibility index (Phi) is 4.52. The van der Waals surface area contributed by atoms with Crippen LogP contribution in [-0.2, 0) is 6.54 Å². The molecule has 0 unspecified atom stereocenters. The molecule has 0 saturated heterocycles. The van der Waals surface area contributed by atoms with Gasteiger partial charge in [0.1, 0.15) is 5.69 Å². The highest BCUT2D eigenvalue weighted by Crippen LogP contribution is 2.28. The monoisotopic (exact) mass is 374 g/mol. The molecule has 3 N–H and O–H groups in total. The predicted molar refractivity (Wildman–Crippen MR) is 110 cm³/mol. The number of hydrogen-bond acceptors (Lipinski definition) is 5. The fraction of sp³-hybridized carbons (Fsp3) is 0.238. The minimum absolute atomic E-state index is 0.0529. The summed E-state index contributed by atoms with van der Waals surface area (Å²) >= 11 is 0. The summed E-state index contributed by atoms with van der Waals surface area (Å²) in [5, 5.41) is 8.43. The number of fused-ring (bicyclic) bond motifs is 1. The molecule has 28 heavy (non-hydrogen) atoms. The van der Waals surface area contributed by atoms with E-state index in [2.05, 4.69) is 20.2 Å². The van der Waals surface area contributed by atoms with Crippen LogP contribution in [0.4, 0.5) is 0 Å². The molecule has 0 atom stereocenters. The first kappa shape index (κ1) is 18.1. The first-order valence-electron chi connectivity index (χ1n) is 9.12. The lowest BCUT2D eigenvalue weighted by Gasteiger charge is -2.23. The SMILES string of the molecule is CC(C)(CN)Cn1cc(-c2n[nH]c3cnc(-c4cccnc4)cc23)ccc1=O. The van der Waals surface area contributed by atoms with Crippen molar-refractivity contribution in [3.63, 3.8) is 0 Å². The Morgan fingerprint density at radius 1 is 1.18 bits per heavy atom. The van der Waals surface area contributed by atoms with Crippen LogP contribution in [0.1, 0.15) is 13.8 Å². The summed E-state index contributed by atoms with van der Waals surface area (Å²) in [5.41, 5.74) is 9.85. The highest BCUT2D eigenvalue weighted by molar-refractivity contribution is 5.94. The van der Waals surface area contributed by atoms with E-state index in [4.69, 9.17) is 5.73 Å². The van der Waals surface area contributed by atoms with Gasteiger partial charge >= 0.3 is 0 Å². The maximum absolute atomic E-state index is 12.3. The Morgan fingerprint density at radius 2 is 2.04 bits per heavy atom. The minimum Gasteiger partial charge on any atom is -0.330 e. The third kappa shape index (κ3) is 3.44. The molecule has 0 saturated carbocycles. The van der Waals surface area contributed by atoms with Gasteiger partial charge < -0.3 is 10.3 Å². The average Bonchev–Trinajstić information content (AvgIpc) is 3.13. The van der Waals surface area contributed by atoms with Crippen molar-refractivity contribution in [3.05, 3.63) is 65.5 Å². The maximum atomic E-state index is 12.3. The normalized spacial score (nSPS) is 11.8. The lowest BCUT2D eigenvalue weighted by atomic mass is 9.93. The average molecular weight is 374 g/mol. The van der Waals surface area contributed by atoms with Crippen LogP contribution in [0.5, 0.6) is 0 Å². The molecular formula is C21H22N6O. The van der Waals surface area contributed by atoms with Gasteiger partial charge in [-0.25, -0.2) is 0 Å². The Bertz CT molecular complexity index is 1180. The molecule has 0 radical (unpaired) electrons. The first-order valence-corrected chi connectivity index (χ1v) is 9.12. The van der Waals surface area contributed by atoms with E-state index in [1.54, 1.807) is 35.3 Å². The summed E-state index contributed by atoms with van der Waals surface area (Å²) < 4.78 is 1.70. The van der Waals surface area contributed by atoms with Gasteiger partial charge in [-0.2, -0.15) is 5.10 Å². The molecule has 7 heteroatoms. The van der Waals surface area contributed by atoms with E-state index in [9.17, 15) is 4.79 Å². The van der Waals surface area contributed by atoms with Crippen molar-refractivity contribution in [1.29, 1.82) is 0 Å². The Morgan fingerprint density at radius 3 is 2.79 bits per heavy atom. The molecule has 0 fully saturated rings. The lowest BCUT2D eigenvalue weighted by Crippen LogP contribution is -2.33. The van der Waals surface area contributed by atoms with Crippen molar-refractivity contribution < 1.29 is 0 Å². The quantitative estimate of drug-likeness (QED) is 0.559. The van der Waals surface area contributed by atoms with Crippen molar-refractivity contribution in [2.24, 2.45) is 11.1 Å². The van der Waals surface area contributed by atoms with Gasteiger partial charge in [0, 0.05) is 47.7 Å². The van der Waals surface area contributed by atoms with Crippen molar-refractivity contribution in [2.45, 2.75) is 20.4 Å². The molecule has 7 nitrogen and oxygen atoms in total. The van der Waals surface area contributed by atoms with Gasteiger partial charge in [0.2, 0.25) is 0 Å². The third-order valence-corrected chi connectivity index (χ3v) is 4.81. The van der Waals surface area contributed by atoms with Gasteiger partial charge in [0.05, 0.1) is 17.4 Å². The molecule has 0 amide bonds. The number of aromatic amines is 1. The van der Waals surface area contributed by atoms with Crippen molar-refractivity contribution in [3.8, 4) is 22.5 Å². The number of nitrogens with one attached hydrogen (secondary N) is 1. The van der Waals surface area contributed by atoms with E-state index in [1.165, 1.54) is 0 Å². The fourth-order valence-corrected chi connectivity index (χ4v) is 3.13. The molecule has 4 rings (SSSR count). The summed E-state index contributed by atoms with van der Waals surface area (Å²) in [6, 6.07) is 9.22. The van der Waals surface area contributed by atoms with Crippen LogP contribution in [0.25, 0.3) is 33.4 Å². The van der Waals surface area contributed by atoms with E-state index >= 15 is 0 Å². The molecule has 0 aliphatic carbocycles. The molecule has 142 valence electrons. The molecule has 4 heterocycles. The largest absolute Gasteiger partial charge is 0.330 e. The molecule has 0 bridgehead atoms. The topological polar surface area (TPSA) is 102 Å². The summed E-state index contributed by atoms with van der Waals surface area (Å²) in [6.45, 7) is 5.12. The number of H-pyrrole nitrogens is 1. The summed E-state index contributed by atoms with van der Waals surface area (Å²) in [5.74, 6) is 0. The van der Waals surface area contributed by atoms with E-state index in [-0.39, 0.29) is 11.0 Å². The molecule has 0 aromatic carbocycles. The van der Waals surface area contributed by atoms with Crippen LogP contribution in [0.15, 0.2) is 59.9 Å². The van der Waals surface area contributed by atoms with Crippen LogP contribution < -0.4 is 11.3 Å². The molecule has 4 aromatic heterocycles. The van der Waals surface area contributed by atoms with Gasteiger partial charge in [-0.1, -0.05) is 13.8 Å². The third-order valence-electron chi connectivity index (χ3n) is 4.81. The van der Waals surface area contributed by atoms with E-state index in [1.807, 2.05) is 38.2 Å². The molecular weight excluding hydrogens is 352 g/mol. The summed E-state index contributed by atoms with van der Waals surface area (Å²) in [6.07, 6.45) is 7.13. The van der Waals surface area contributed by atoms with Gasteiger partial charge in [-0.15, -0.1) is 0 Å². The Hall–Kier alpha value is -3.32. The highest BCUT2D eigenvalue weighted by atomic mass is 16.1. The fourth-order valence-electron chi connectivity index (χ4n) is 3.13. The minimum atomic E-state index is -0.173. The maximum Gasteiger partial charge on any atom is 0.250 e. The van der Waals surface area contributed by atoms with E-state index in [0.717, 1.165) is 33.4 Å². The standard InChI is InChI=1S/C21H22N6O/c1-21(2,12-22)13-27-11-15(5-6-19(27)28)20-16-8-17(14-4-3-7-23-9-14)24-10-18(16)25-26-20/h3-11H,12-13,22H2,1-2H3,(H,25,26). The number of hydrogen-bond donors (Lipinski definition) is 2. The first-order chi connectivity index (χ1) is 13.5. The van der Waals surface area contributed by atoms with Gasteiger partial charge in [0.15, 0.2) is 0 Å². The zero-order chi connectivity index (χ0) is 19.7. The van der Waals surface area contributed by atoms with Crippen LogP contribution in [-0.4, -0.2) is 31.3 Å². The highest BCUT2D eigenvalue weighted by Gasteiger charge is 2.18. The zero-order valence-corrected chi connectivity index (χ0v) is 15.9. The van der Waals surface area contributed by atoms with Crippen LogP contribution >= 0.6 is 0 Å². The number of pyridine rings is 3. The van der Waals surface area contributed by atoms with E-state index in [0.29, 0.717) is 13.1 Å². The second kappa shape index (κ2) is 7.01. The number of aromatic nitrogens is 5. The van der Waals surface area contributed by atoms with Crippen LogP contribution in [0.3, 0.4) is 0 Å². The molecule has 0 aliphatic heterocycles.